The summed E-state index contributed by atoms with van der Waals surface area (Å²) >= 11 is 0. The normalized spacial score (nSPS) is 17.3. The molecule has 0 fully saturated rings. The van der Waals surface area contributed by atoms with Crippen LogP contribution >= 0.6 is 0 Å². The molecule has 0 rings (SSSR count). The number of carbonyl (C=O) groups is 4. The topological polar surface area (TPSA) is 188 Å². The van der Waals surface area contributed by atoms with Gasteiger partial charge in [-0.25, -0.2) is 4.79 Å². The van der Waals surface area contributed by atoms with E-state index < -0.39 is 82.7 Å². The molecule has 0 heterocycles. The lowest BCUT2D eigenvalue weighted by Crippen LogP contribution is -2.72. The molecule has 0 aliphatic rings. The summed E-state index contributed by atoms with van der Waals surface area (Å²) in [5.74, 6) is -0.900. The summed E-state index contributed by atoms with van der Waals surface area (Å²) in [6.45, 7) is 40.8. The fraction of sp³-hybridized carbons (Fsp3) is 0.900. The molecule has 26 heteroatoms. The Balaban J connectivity index is 8.49. The van der Waals surface area contributed by atoms with Gasteiger partial charge in [-0.2, -0.15) is 0 Å². The number of rotatable bonds is 36. The van der Waals surface area contributed by atoms with E-state index in [0.29, 0.717) is 49.9 Å². The van der Waals surface area contributed by atoms with E-state index in [1.807, 2.05) is 26.2 Å². The number of ether oxygens (including phenoxy) is 5. The molecule has 17 nitrogen and oxygen atoms in total. The molecular weight excluding hydrogens is 1010 g/mol. The van der Waals surface area contributed by atoms with E-state index in [4.69, 9.17) is 56.6 Å². The second kappa shape index (κ2) is 29.0. The average molecular weight is 1100 g/mol. The minimum absolute atomic E-state index is 0.0576. The third-order valence-corrected chi connectivity index (χ3v) is 41.4. The molecule has 66 heavy (non-hydrogen) atoms. The maximum atomic E-state index is 12.3. The Morgan fingerprint density at radius 3 is 0.742 bits per heavy atom. The van der Waals surface area contributed by atoms with Crippen molar-refractivity contribution in [2.75, 3.05) is 33.0 Å². The Kier molecular flexibility index (Phi) is 28.7. The average Bonchev–Trinajstić information content (AvgIpc) is 3.11. The van der Waals surface area contributed by atoms with Crippen molar-refractivity contribution in [1.82, 2.24) is 0 Å². The first-order valence-electron chi connectivity index (χ1n) is 23.8. The van der Waals surface area contributed by atoms with Gasteiger partial charge in [0.25, 0.3) is 0 Å². The summed E-state index contributed by atoms with van der Waals surface area (Å²) < 4.78 is 86.5. The van der Waals surface area contributed by atoms with Crippen LogP contribution in [0.25, 0.3) is 0 Å². The van der Waals surface area contributed by atoms with Gasteiger partial charge in [0, 0.05) is 19.3 Å². The van der Waals surface area contributed by atoms with Gasteiger partial charge >= 0.3 is 67.4 Å². The summed E-state index contributed by atoms with van der Waals surface area (Å²) in [4.78, 5) is 49.1. The maximum Gasteiger partial charge on any atom is 0.643 e. The zero-order valence-corrected chi connectivity index (χ0v) is 53.8. The van der Waals surface area contributed by atoms with Crippen molar-refractivity contribution < 1.29 is 75.8 Å². The summed E-state index contributed by atoms with van der Waals surface area (Å²) in [6.07, 6.45) is 1.72. The van der Waals surface area contributed by atoms with Crippen LogP contribution in [0.4, 0.5) is 4.79 Å². The van der Waals surface area contributed by atoms with Gasteiger partial charge < -0.3 is 56.6 Å². The van der Waals surface area contributed by atoms with E-state index in [0.717, 1.165) is 0 Å². The van der Waals surface area contributed by atoms with Gasteiger partial charge in [-0.05, 0) is 162 Å². The van der Waals surface area contributed by atoms with Crippen LogP contribution < -0.4 is 0 Å². The van der Waals surface area contributed by atoms with Gasteiger partial charge in [0.15, 0.2) is 33.3 Å². The Bertz CT molecular complexity index is 1350. The molecule has 0 aromatic rings. The van der Waals surface area contributed by atoms with E-state index in [9.17, 15) is 19.2 Å². The lowest BCUT2D eigenvalue weighted by molar-refractivity contribution is -0.144. The molecule has 0 saturated carbocycles. The highest BCUT2D eigenvalue weighted by molar-refractivity contribution is 6.95. The Morgan fingerprint density at radius 2 is 0.545 bits per heavy atom. The molecule has 0 aromatic heterocycles. The molecule has 0 saturated heterocycles. The molecule has 0 spiro atoms. The third kappa shape index (κ3) is 31.5. The highest BCUT2D eigenvalue weighted by Gasteiger charge is 2.64. The maximum absolute atomic E-state index is 12.3. The first-order chi connectivity index (χ1) is 30.0. The van der Waals surface area contributed by atoms with Crippen molar-refractivity contribution >= 4 is 101 Å². The van der Waals surface area contributed by atoms with Gasteiger partial charge in [0.1, 0.15) is 0 Å². The zero-order chi connectivity index (χ0) is 51.3. The molecule has 0 aliphatic heterocycles. The molecule has 0 amide bonds. The molecule has 0 radical (unpaired) electrons. The standard InChI is InChI=1S/C40H92O17Si9/c1-21-37(41)46-29-25-33-62(17,50-58(5,6)7)54-66(55-63(18,51-59(8,9)10)34-26-30-47-38(42)22-2,56-64(19,52-60(11,12)13)35-27-31-48-39(43)23-3)57-65(20,53-61(14,15)16)36-28-32-49-40(44)45-24-4/h21-36H2,1-20H3. The number of hydrogen-bond acceptors (Lipinski definition) is 17. The van der Waals surface area contributed by atoms with E-state index >= 15 is 0 Å². The highest BCUT2D eigenvalue weighted by atomic mass is 28.6. The number of esters is 3. The fourth-order valence-electron chi connectivity index (χ4n) is 7.02. The first kappa shape index (κ1) is 65.3. The number of carbonyl (C=O) groups excluding carboxylic acids is 4. The van der Waals surface area contributed by atoms with Gasteiger partial charge in [0.2, 0.25) is 0 Å². The van der Waals surface area contributed by atoms with Crippen LogP contribution in [0.2, 0.25) is 129 Å². The molecule has 0 aliphatic carbocycles. The van der Waals surface area contributed by atoms with Crippen LogP contribution in [-0.4, -0.2) is 134 Å². The lowest BCUT2D eigenvalue weighted by Gasteiger charge is -2.49. The van der Waals surface area contributed by atoms with E-state index in [-0.39, 0.29) is 70.2 Å². The summed E-state index contributed by atoms with van der Waals surface area (Å²) in [6, 6.07) is 1.57. The molecule has 390 valence electrons. The third-order valence-electron chi connectivity index (χ3n) is 8.69. The van der Waals surface area contributed by atoms with E-state index in [2.05, 4.69) is 78.6 Å². The van der Waals surface area contributed by atoms with Crippen LogP contribution in [0.1, 0.15) is 72.6 Å². The Hall–Kier alpha value is -0.688. The van der Waals surface area contributed by atoms with Gasteiger partial charge in [-0.1, -0.05) is 20.8 Å². The predicted molar refractivity (Wildman–Crippen MR) is 279 cm³/mol. The summed E-state index contributed by atoms with van der Waals surface area (Å²) in [5, 5.41) is 0. The van der Waals surface area contributed by atoms with Crippen molar-refractivity contribution in [3.63, 3.8) is 0 Å². The number of hydrogen-bond donors (Lipinski definition) is 0. The van der Waals surface area contributed by atoms with E-state index in [1.54, 1.807) is 27.7 Å². The molecule has 0 bridgehead atoms. The van der Waals surface area contributed by atoms with Crippen LogP contribution in [0.3, 0.4) is 0 Å². The van der Waals surface area contributed by atoms with Crippen LogP contribution in [-0.2, 0) is 71.0 Å². The minimum atomic E-state index is -4.72. The summed E-state index contributed by atoms with van der Waals surface area (Å²) in [7, 11) is -28.4. The van der Waals surface area contributed by atoms with Gasteiger partial charge in [-0.15, -0.1) is 0 Å². The van der Waals surface area contributed by atoms with Crippen LogP contribution in [0.15, 0.2) is 0 Å². The van der Waals surface area contributed by atoms with E-state index in [1.165, 1.54) is 0 Å². The molecular formula is C40H92O17Si9. The van der Waals surface area contributed by atoms with Gasteiger partial charge in [-0.3, -0.25) is 14.4 Å². The van der Waals surface area contributed by atoms with Gasteiger partial charge in [0.05, 0.1) is 33.0 Å². The van der Waals surface area contributed by atoms with Crippen molar-refractivity contribution in [1.29, 1.82) is 0 Å². The zero-order valence-electron chi connectivity index (χ0n) is 44.8. The largest absolute Gasteiger partial charge is 0.643 e. The van der Waals surface area contributed by atoms with Crippen LogP contribution in [0.5, 0.6) is 0 Å². The predicted octanol–water partition coefficient (Wildman–Crippen LogP) is 10.8. The fourth-order valence-corrected chi connectivity index (χ4v) is 48.0. The monoisotopic (exact) mass is 1100 g/mol. The molecule has 0 aromatic carbocycles. The molecule has 0 N–H and O–H groups in total. The van der Waals surface area contributed by atoms with Crippen molar-refractivity contribution in [3.05, 3.63) is 0 Å². The minimum Gasteiger partial charge on any atom is -0.466 e. The quantitative estimate of drug-likeness (QED) is 0.0249. The smallest absolute Gasteiger partial charge is 0.466 e. The van der Waals surface area contributed by atoms with Crippen molar-refractivity contribution in [2.45, 2.75) is 202 Å². The second-order valence-corrected chi connectivity index (χ2v) is 56.5. The Labute approximate surface area is 408 Å². The second-order valence-electron chi connectivity index (χ2n) is 21.0. The van der Waals surface area contributed by atoms with Crippen LogP contribution in [0, 0.1) is 0 Å². The molecule has 4 unspecified atom stereocenters. The first-order valence-corrected chi connectivity index (χ1v) is 49.2. The Morgan fingerprint density at radius 1 is 0.318 bits per heavy atom. The molecule has 4 atom stereocenters. The highest BCUT2D eigenvalue weighted by Crippen LogP contribution is 2.39. The lowest BCUT2D eigenvalue weighted by atomic mass is 10.5. The van der Waals surface area contributed by atoms with Crippen molar-refractivity contribution in [2.24, 2.45) is 0 Å². The SMILES string of the molecule is CCOC(=O)OCCC[Si](C)(O[Si](C)(C)C)O[Si](O[Si](C)(CCCOC(=O)CC)O[Si](C)(C)C)(O[Si](C)(CCCOC(=O)CC)O[Si](C)(C)C)O[Si](C)(CCCOC(=O)CC)O[Si](C)(C)C. The summed E-state index contributed by atoms with van der Waals surface area (Å²) in [5.41, 5.74) is 0. The van der Waals surface area contributed by atoms with Crippen molar-refractivity contribution in [3.8, 4) is 0 Å².